The topological polar surface area (TPSA) is 85.8 Å². The van der Waals surface area contributed by atoms with E-state index in [0.29, 0.717) is 5.71 Å². The van der Waals surface area contributed by atoms with Crippen molar-refractivity contribution in [2.24, 2.45) is 15.9 Å². The number of benzene rings is 1. The van der Waals surface area contributed by atoms with Crippen molar-refractivity contribution in [1.29, 1.82) is 0 Å². The van der Waals surface area contributed by atoms with Crippen molar-refractivity contribution in [3.05, 3.63) is 48.0 Å². The molecule has 6 nitrogen and oxygen atoms in total. The molecule has 2 rings (SSSR count). The molecule has 0 aliphatic carbocycles. The van der Waals surface area contributed by atoms with Gasteiger partial charge in [-0.1, -0.05) is 17.7 Å². The molecule has 0 bridgehead atoms. The number of aliphatic imine (C=N–C) groups is 1. The highest BCUT2D eigenvalue weighted by molar-refractivity contribution is 6.31. The third kappa shape index (κ3) is 4.64. The lowest BCUT2D eigenvalue weighted by atomic mass is 10.2. The number of rotatable bonds is 5. The molecule has 0 saturated heterocycles. The Morgan fingerprint density at radius 3 is 2.57 bits per heavy atom. The second-order valence-corrected chi connectivity index (χ2v) is 4.19. The van der Waals surface area contributed by atoms with Crippen LogP contribution < -0.4 is 10.6 Å². The fraction of sp³-hybridized carbons (Fsp3) is 0.143. The van der Waals surface area contributed by atoms with Crippen LogP contribution in [0, 0.1) is 12.7 Å². The zero-order chi connectivity index (χ0) is 15.1. The van der Waals surface area contributed by atoms with Crippen molar-refractivity contribution in [1.82, 2.24) is 9.97 Å². The lowest BCUT2D eigenvalue weighted by Crippen LogP contribution is -2.16. The number of hydrogen-bond donors (Lipinski definition) is 1. The maximum Gasteiger partial charge on any atom is 0.316 e. The van der Waals surface area contributed by atoms with Gasteiger partial charge < -0.3 is 10.6 Å². The summed E-state index contributed by atoms with van der Waals surface area (Å²) in [4.78, 5) is 11.6. The van der Waals surface area contributed by atoms with Gasteiger partial charge >= 0.3 is 6.01 Å². The smallest absolute Gasteiger partial charge is 0.316 e. The van der Waals surface area contributed by atoms with E-state index in [9.17, 15) is 4.39 Å². The highest BCUT2D eigenvalue weighted by atomic mass is 19.1. The van der Waals surface area contributed by atoms with Gasteiger partial charge in [0.1, 0.15) is 12.3 Å². The van der Waals surface area contributed by atoms with Gasteiger partial charge in [0, 0.05) is 0 Å². The van der Waals surface area contributed by atoms with Gasteiger partial charge in [0.25, 0.3) is 0 Å². The second kappa shape index (κ2) is 7.09. The number of aromatic nitrogens is 2. The van der Waals surface area contributed by atoms with Crippen molar-refractivity contribution in [3.63, 3.8) is 0 Å². The fourth-order valence-corrected chi connectivity index (χ4v) is 1.40. The molecule has 0 fully saturated rings. The molecule has 0 aliphatic heterocycles. The molecule has 1 aromatic heterocycles. The summed E-state index contributed by atoms with van der Waals surface area (Å²) < 4.78 is 17.9. The minimum absolute atomic E-state index is 0.0392. The van der Waals surface area contributed by atoms with E-state index >= 15 is 0 Å². The Hall–Kier alpha value is -2.83. The number of nitrogens with two attached hydrogens (primary N) is 1. The predicted octanol–water partition coefficient (Wildman–Crippen LogP) is 2.02. The van der Waals surface area contributed by atoms with E-state index in [1.54, 1.807) is 0 Å². The van der Waals surface area contributed by atoms with Crippen LogP contribution in [0.4, 0.5) is 10.1 Å². The van der Waals surface area contributed by atoms with Gasteiger partial charge in [0.05, 0.1) is 24.3 Å². The standard InChI is InChI=1S/C14H14FN5O/c1-10-2-4-12(5-3-10)17-8-13(20-16)9-21-14-18-6-11(15)7-19-14/h2-8H,9,16H2,1H3. The molecule has 7 heteroatoms. The Morgan fingerprint density at radius 1 is 1.29 bits per heavy atom. The monoisotopic (exact) mass is 287 g/mol. The van der Waals surface area contributed by atoms with E-state index in [4.69, 9.17) is 10.6 Å². The molecule has 0 spiro atoms. The molecule has 0 saturated carbocycles. The summed E-state index contributed by atoms with van der Waals surface area (Å²) in [6, 6.07) is 7.71. The quantitative estimate of drug-likeness (QED) is 0.518. The number of aryl methyl sites for hydroxylation is 1. The first-order chi connectivity index (χ1) is 10.2. The number of ether oxygens (including phenoxy) is 1. The lowest BCUT2D eigenvalue weighted by Gasteiger charge is -2.02. The summed E-state index contributed by atoms with van der Waals surface area (Å²) in [5.74, 6) is 4.73. The SMILES string of the molecule is Cc1ccc(N=CC(COc2ncc(F)cn2)=NN)cc1. The van der Waals surface area contributed by atoms with Crippen LogP contribution in [0.25, 0.3) is 0 Å². The minimum Gasteiger partial charge on any atom is -0.457 e. The lowest BCUT2D eigenvalue weighted by molar-refractivity contribution is 0.344. The van der Waals surface area contributed by atoms with Crippen LogP contribution in [-0.2, 0) is 0 Å². The Kier molecular flexibility index (Phi) is 4.92. The van der Waals surface area contributed by atoms with Crippen LogP contribution in [0.3, 0.4) is 0 Å². The van der Waals surface area contributed by atoms with E-state index < -0.39 is 5.82 Å². The summed E-state index contributed by atoms with van der Waals surface area (Å²) in [5.41, 5.74) is 2.33. The predicted molar refractivity (Wildman–Crippen MR) is 78.4 cm³/mol. The van der Waals surface area contributed by atoms with Crippen LogP contribution >= 0.6 is 0 Å². The van der Waals surface area contributed by atoms with Crippen molar-refractivity contribution in [2.75, 3.05) is 6.61 Å². The Balaban J connectivity index is 1.94. The van der Waals surface area contributed by atoms with Gasteiger partial charge in [0.15, 0.2) is 5.82 Å². The van der Waals surface area contributed by atoms with Crippen molar-refractivity contribution in [3.8, 4) is 6.01 Å². The third-order valence-electron chi connectivity index (χ3n) is 2.51. The van der Waals surface area contributed by atoms with E-state index in [1.165, 1.54) is 6.21 Å². The average molecular weight is 287 g/mol. The molecular weight excluding hydrogens is 273 g/mol. The van der Waals surface area contributed by atoms with Crippen molar-refractivity contribution >= 4 is 17.6 Å². The molecule has 0 amide bonds. The Morgan fingerprint density at radius 2 is 1.95 bits per heavy atom. The van der Waals surface area contributed by atoms with Gasteiger partial charge in [-0.15, -0.1) is 0 Å². The highest BCUT2D eigenvalue weighted by Crippen LogP contribution is 2.11. The van der Waals surface area contributed by atoms with Gasteiger partial charge in [-0.05, 0) is 19.1 Å². The maximum absolute atomic E-state index is 12.6. The summed E-state index contributed by atoms with van der Waals surface area (Å²) in [7, 11) is 0. The molecule has 2 N–H and O–H groups in total. The summed E-state index contributed by atoms with van der Waals surface area (Å²) in [6.07, 6.45) is 3.53. The van der Waals surface area contributed by atoms with Crippen LogP contribution in [-0.4, -0.2) is 28.5 Å². The molecule has 0 radical (unpaired) electrons. The van der Waals surface area contributed by atoms with E-state index in [1.807, 2.05) is 31.2 Å². The maximum atomic E-state index is 12.6. The van der Waals surface area contributed by atoms with Crippen LogP contribution in [0.1, 0.15) is 5.56 Å². The largest absolute Gasteiger partial charge is 0.457 e. The van der Waals surface area contributed by atoms with Crippen molar-refractivity contribution < 1.29 is 9.13 Å². The first-order valence-electron chi connectivity index (χ1n) is 6.15. The highest BCUT2D eigenvalue weighted by Gasteiger charge is 2.01. The first kappa shape index (κ1) is 14.6. The molecule has 0 aliphatic rings. The summed E-state index contributed by atoms with van der Waals surface area (Å²) >= 11 is 0. The normalized spacial score (nSPS) is 11.8. The minimum atomic E-state index is -0.531. The number of hydrazone groups is 1. The molecule has 0 atom stereocenters. The molecule has 108 valence electrons. The van der Waals surface area contributed by atoms with E-state index in [2.05, 4.69) is 20.1 Å². The van der Waals surface area contributed by atoms with Gasteiger partial charge in [0.2, 0.25) is 0 Å². The van der Waals surface area contributed by atoms with E-state index in [-0.39, 0.29) is 12.6 Å². The molecule has 0 unspecified atom stereocenters. The molecule has 1 heterocycles. The summed E-state index contributed by atoms with van der Waals surface area (Å²) in [6.45, 7) is 2.04. The van der Waals surface area contributed by atoms with Gasteiger partial charge in [-0.2, -0.15) is 5.10 Å². The molecule has 1 aromatic carbocycles. The average Bonchev–Trinajstić information content (AvgIpc) is 2.51. The van der Waals surface area contributed by atoms with Crippen LogP contribution in [0.5, 0.6) is 6.01 Å². The third-order valence-corrected chi connectivity index (χ3v) is 2.51. The first-order valence-corrected chi connectivity index (χ1v) is 6.15. The fourth-order valence-electron chi connectivity index (χ4n) is 1.40. The second-order valence-electron chi connectivity index (χ2n) is 4.19. The number of nitrogens with zero attached hydrogens (tertiary/aromatic N) is 4. The number of halogens is 1. The van der Waals surface area contributed by atoms with Gasteiger partial charge in [-0.3, -0.25) is 4.99 Å². The Bertz CT molecular complexity index is 637. The van der Waals surface area contributed by atoms with Crippen molar-refractivity contribution in [2.45, 2.75) is 6.92 Å². The molecule has 21 heavy (non-hydrogen) atoms. The zero-order valence-corrected chi connectivity index (χ0v) is 11.4. The number of hydrogen-bond acceptors (Lipinski definition) is 6. The molecular formula is C14H14FN5O. The van der Waals surface area contributed by atoms with Crippen LogP contribution in [0.15, 0.2) is 46.8 Å². The van der Waals surface area contributed by atoms with E-state index in [0.717, 1.165) is 23.6 Å². The zero-order valence-electron chi connectivity index (χ0n) is 11.4. The summed E-state index contributed by atoms with van der Waals surface area (Å²) in [5, 5.41) is 3.57. The Labute approximate surface area is 121 Å². The van der Waals surface area contributed by atoms with Crippen LogP contribution in [0.2, 0.25) is 0 Å². The molecule has 2 aromatic rings. The van der Waals surface area contributed by atoms with Gasteiger partial charge in [-0.25, -0.2) is 14.4 Å².